The molecule has 0 aliphatic carbocycles. The Morgan fingerprint density at radius 3 is 2.87 bits per heavy atom. The quantitative estimate of drug-likeness (QED) is 0.365. The fourth-order valence-electron chi connectivity index (χ4n) is 3.81. The Labute approximate surface area is 179 Å². The van der Waals surface area contributed by atoms with Gasteiger partial charge in [-0.2, -0.15) is 0 Å². The number of carbonyl (C=O) groups is 2. The molecule has 8 nitrogen and oxygen atoms in total. The number of aryl methyl sites for hydroxylation is 2. The minimum absolute atomic E-state index is 0.0395. The van der Waals surface area contributed by atoms with Crippen LogP contribution in [-0.4, -0.2) is 74.7 Å². The lowest BCUT2D eigenvalue weighted by molar-refractivity contribution is -0.146. The lowest BCUT2D eigenvalue weighted by atomic mass is 10.0. The van der Waals surface area contributed by atoms with Crippen LogP contribution in [0.3, 0.4) is 0 Å². The molecule has 0 radical (unpaired) electrons. The van der Waals surface area contributed by atoms with Gasteiger partial charge >= 0.3 is 5.97 Å². The molecule has 0 aromatic carbocycles. The third-order valence-corrected chi connectivity index (χ3v) is 5.93. The van der Waals surface area contributed by atoms with Crippen LogP contribution in [0.2, 0.25) is 0 Å². The molecule has 0 spiro atoms. The van der Waals surface area contributed by atoms with E-state index in [1.54, 1.807) is 0 Å². The van der Waals surface area contributed by atoms with E-state index >= 15 is 0 Å². The van der Waals surface area contributed by atoms with E-state index < -0.39 is 6.04 Å². The van der Waals surface area contributed by atoms with Crippen LogP contribution >= 0.6 is 0 Å². The van der Waals surface area contributed by atoms with Gasteiger partial charge in [0.25, 0.3) is 0 Å². The van der Waals surface area contributed by atoms with Gasteiger partial charge in [0.2, 0.25) is 5.91 Å². The van der Waals surface area contributed by atoms with Crippen molar-refractivity contribution in [3.63, 3.8) is 0 Å². The molecule has 1 aromatic heterocycles. The van der Waals surface area contributed by atoms with Gasteiger partial charge in [-0.25, -0.2) is 9.78 Å². The second kappa shape index (κ2) is 11.3. The van der Waals surface area contributed by atoms with Crippen LogP contribution in [0.1, 0.15) is 36.9 Å². The Morgan fingerprint density at radius 1 is 1.30 bits per heavy atom. The summed E-state index contributed by atoms with van der Waals surface area (Å²) in [4.78, 5) is 31.1. The average Bonchev–Trinajstić information content (AvgIpc) is 2.72. The average molecular weight is 418 g/mol. The van der Waals surface area contributed by atoms with E-state index in [-0.39, 0.29) is 17.8 Å². The molecule has 3 heterocycles. The summed E-state index contributed by atoms with van der Waals surface area (Å²) in [5.41, 5.74) is 2.47. The number of amides is 1. The van der Waals surface area contributed by atoms with E-state index in [9.17, 15) is 9.59 Å². The van der Waals surface area contributed by atoms with Crippen molar-refractivity contribution in [2.75, 3.05) is 52.2 Å². The SMILES string of the molecule is COC(=O)C(CCN(C)CCCCc1ccc2c(n1)NCCC2)NC(=O)C1CNC1. The minimum atomic E-state index is -0.585. The van der Waals surface area contributed by atoms with Gasteiger partial charge in [-0.1, -0.05) is 6.07 Å². The first kappa shape index (κ1) is 22.5. The molecule has 30 heavy (non-hydrogen) atoms. The van der Waals surface area contributed by atoms with Gasteiger partial charge in [0.15, 0.2) is 0 Å². The summed E-state index contributed by atoms with van der Waals surface area (Å²) < 4.78 is 4.86. The molecule has 1 atom stereocenters. The molecule has 1 aromatic rings. The number of unbranched alkanes of at least 4 members (excludes halogenated alkanes) is 1. The number of fused-ring (bicyclic) bond motifs is 1. The highest BCUT2D eigenvalue weighted by Gasteiger charge is 2.29. The van der Waals surface area contributed by atoms with Crippen molar-refractivity contribution in [2.45, 2.75) is 44.6 Å². The van der Waals surface area contributed by atoms with Crippen molar-refractivity contribution in [3.05, 3.63) is 23.4 Å². The van der Waals surface area contributed by atoms with Crippen LogP contribution in [0, 0.1) is 5.92 Å². The molecular weight excluding hydrogens is 382 g/mol. The number of hydrogen-bond donors (Lipinski definition) is 3. The summed E-state index contributed by atoms with van der Waals surface area (Å²) in [6.07, 6.45) is 5.95. The maximum absolute atomic E-state index is 12.2. The van der Waals surface area contributed by atoms with Gasteiger partial charge in [0, 0.05) is 31.9 Å². The number of pyridine rings is 1. The van der Waals surface area contributed by atoms with Crippen LogP contribution in [0.4, 0.5) is 5.82 Å². The Bertz CT molecular complexity index is 723. The van der Waals surface area contributed by atoms with Crippen LogP contribution < -0.4 is 16.0 Å². The lowest BCUT2D eigenvalue weighted by Gasteiger charge is -2.28. The van der Waals surface area contributed by atoms with Crippen molar-refractivity contribution in [1.29, 1.82) is 0 Å². The molecule has 2 aliphatic rings. The fraction of sp³-hybridized carbons (Fsp3) is 0.682. The first-order chi connectivity index (χ1) is 14.6. The highest BCUT2D eigenvalue weighted by Crippen LogP contribution is 2.20. The third-order valence-electron chi connectivity index (χ3n) is 5.93. The maximum atomic E-state index is 12.2. The summed E-state index contributed by atoms with van der Waals surface area (Å²) in [7, 11) is 3.41. The number of anilines is 1. The van der Waals surface area contributed by atoms with Gasteiger partial charge in [0.05, 0.1) is 13.0 Å². The summed E-state index contributed by atoms with van der Waals surface area (Å²) >= 11 is 0. The molecule has 2 aliphatic heterocycles. The van der Waals surface area contributed by atoms with Crippen molar-refractivity contribution >= 4 is 17.7 Å². The van der Waals surface area contributed by atoms with E-state index in [2.05, 4.69) is 33.0 Å². The molecule has 1 fully saturated rings. The van der Waals surface area contributed by atoms with Gasteiger partial charge in [-0.05, 0) is 63.7 Å². The summed E-state index contributed by atoms with van der Waals surface area (Å²) in [5, 5.41) is 9.31. The number of esters is 1. The maximum Gasteiger partial charge on any atom is 0.328 e. The fourth-order valence-corrected chi connectivity index (χ4v) is 3.81. The first-order valence-electron chi connectivity index (χ1n) is 11.1. The van der Waals surface area contributed by atoms with Gasteiger partial charge in [-0.15, -0.1) is 0 Å². The monoisotopic (exact) mass is 417 g/mol. The summed E-state index contributed by atoms with van der Waals surface area (Å²) in [5.74, 6) is 0.571. The number of ether oxygens (including phenoxy) is 1. The normalized spacial score (nSPS) is 16.9. The lowest BCUT2D eigenvalue weighted by Crippen LogP contribution is -2.54. The number of carbonyl (C=O) groups excluding carboxylic acids is 2. The van der Waals surface area contributed by atoms with Crippen LogP contribution in [0.25, 0.3) is 0 Å². The largest absolute Gasteiger partial charge is 0.467 e. The van der Waals surface area contributed by atoms with Crippen molar-refractivity contribution in [1.82, 2.24) is 20.5 Å². The van der Waals surface area contributed by atoms with Crippen LogP contribution in [-0.2, 0) is 27.2 Å². The van der Waals surface area contributed by atoms with Crippen molar-refractivity contribution in [3.8, 4) is 0 Å². The van der Waals surface area contributed by atoms with Gasteiger partial charge < -0.3 is 25.6 Å². The third kappa shape index (κ3) is 6.40. The Morgan fingerprint density at radius 2 is 2.13 bits per heavy atom. The summed E-state index contributed by atoms with van der Waals surface area (Å²) in [6.45, 7) is 4.03. The number of hydrogen-bond acceptors (Lipinski definition) is 7. The molecule has 0 saturated carbocycles. The predicted octanol–water partition coefficient (Wildman–Crippen LogP) is 0.962. The first-order valence-corrected chi connectivity index (χ1v) is 11.1. The van der Waals surface area contributed by atoms with Crippen molar-refractivity contribution in [2.24, 2.45) is 5.92 Å². The Balaban J connectivity index is 1.35. The summed E-state index contributed by atoms with van der Waals surface area (Å²) in [6, 6.07) is 3.77. The minimum Gasteiger partial charge on any atom is -0.467 e. The van der Waals surface area contributed by atoms with Crippen molar-refractivity contribution < 1.29 is 14.3 Å². The van der Waals surface area contributed by atoms with Gasteiger partial charge in [0.1, 0.15) is 11.9 Å². The molecular formula is C22H35N5O3. The Kier molecular flexibility index (Phi) is 8.45. The Hall–Kier alpha value is -2.19. The molecule has 1 saturated heterocycles. The predicted molar refractivity (Wildman–Crippen MR) is 116 cm³/mol. The smallest absolute Gasteiger partial charge is 0.328 e. The number of aromatic nitrogens is 1. The topological polar surface area (TPSA) is 95.6 Å². The van der Waals surface area contributed by atoms with Crippen LogP contribution in [0.5, 0.6) is 0 Å². The molecule has 1 unspecified atom stereocenters. The number of rotatable bonds is 11. The van der Waals surface area contributed by atoms with E-state index in [0.717, 1.165) is 56.8 Å². The zero-order valence-electron chi connectivity index (χ0n) is 18.2. The zero-order valence-corrected chi connectivity index (χ0v) is 18.2. The van der Waals surface area contributed by atoms with Crippen LogP contribution in [0.15, 0.2) is 12.1 Å². The molecule has 166 valence electrons. The standard InChI is InChI=1S/C22H35N5O3/c1-27(13-10-19(22(29)30-2)26-21(28)17-14-23-15-17)12-4-3-7-18-9-8-16-6-5-11-24-20(16)25-18/h8-9,17,19,23H,3-7,10-15H2,1-2H3,(H,24,25)(H,26,28). The number of methoxy groups -OCH3 is 1. The molecule has 8 heteroatoms. The van der Waals surface area contributed by atoms with E-state index in [1.165, 1.54) is 19.1 Å². The second-order valence-electron chi connectivity index (χ2n) is 8.33. The highest BCUT2D eigenvalue weighted by molar-refractivity contribution is 5.86. The zero-order chi connectivity index (χ0) is 21.3. The molecule has 3 N–H and O–H groups in total. The van der Waals surface area contributed by atoms with E-state index in [1.807, 2.05) is 7.05 Å². The molecule has 1 amide bonds. The van der Waals surface area contributed by atoms with E-state index in [4.69, 9.17) is 9.72 Å². The molecule has 0 bridgehead atoms. The number of nitrogens with zero attached hydrogens (tertiary/aromatic N) is 2. The van der Waals surface area contributed by atoms with Gasteiger partial charge in [-0.3, -0.25) is 4.79 Å². The number of nitrogens with one attached hydrogen (secondary N) is 3. The second-order valence-corrected chi connectivity index (χ2v) is 8.33. The molecule has 3 rings (SSSR count). The van der Waals surface area contributed by atoms with E-state index in [0.29, 0.717) is 19.5 Å². The highest BCUT2D eigenvalue weighted by atomic mass is 16.5.